The van der Waals surface area contributed by atoms with Crippen LogP contribution in [0.4, 0.5) is 4.79 Å². The molecule has 0 saturated carbocycles. The van der Waals surface area contributed by atoms with Gasteiger partial charge in [-0.05, 0) is 31.5 Å². The normalized spacial score (nSPS) is 13.4. The molecule has 1 aromatic carbocycles. The van der Waals surface area contributed by atoms with Gasteiger partial charge in [0.05, 0.1) is 17.7 Å². The summed E-state index contributed by atoms with van der Waals surface area (Å²) in [5.74, 6) is 0.286. The number of nitrogens with one attached hydrogen (secondary N) is 1. The maximum atomic E-state index is 11.9. The predicted octanol–water partition coefficient (Wildman–Crippen LogP) is 1.51. The van der Waals surface area contributed by atoms with Gasteiger partial charge >= 0.3 is 12.0 Å². The van der Waals surface area contributed by atoms with Crippen molar-refractivity contribution in [3.63, 3.8) is 0 Å². The molecule has 1 fully saturated rings. The standard InChI is InChI=1S/C19H21N3O6/c1-12-16(13(2)28-21-12)10-26-15-5-3-14(4-6-15)9-18(24)27-11-17(23)22-8-7-20-19(22)25/h3-6H,7-11H2,1-2H3,(H,20,25). The second-order valence-electron chi connectivity index (χ2n) is 6.35. The van der Waals surface area contributed by atoms with Crippen LogP contribution in [-0.2, 0) is 27.4 Å². The SMILES string of the molecule is Cc1noc(C)c1COc1ccc(CC(=O)OCC(=O)N2CCNC2=O)cc1. The summed E-state index contributed by atoms with van der Waals surface area (Å²) in [4.78, 5) is 36.2. The van der Waals surface area contributed by atoms with Crippen molar-refractivity contribution in [2.75, 3.05) is 19.7 Å². The number of rotatable bonds is 7. The monoisotopic (exact) mass is 387 g/mol. The van der Waals surface area contributed by atoms with E-state index in [9.17, 15) is 14.4 Å². The Bertz CT molecular complexity index is 855. The van der Waals surface area contributed by atoms with Gasteiger partial charge in [0.2, 0.25) is 0 Å². The molecule has 1 aliphatic heterocycles. The lowest BCUT2D eigenvalue weighted by molar-refractivity contribution is -0.150. The molecule has 0 aliphatic carbocycles. The van der Waals surface area contributed by atoms with Crippen molar-refractivity contribution in [1.29, 1.82) is 0 Å². The lowest BCUT2D eigenvalue weighted by Crippen LogP contribution is -2.37. The molecule has 1 saturated heterocycles. The first-order chi connectivity index (χ1) is 13.4. The molecule has 28 heavy (non-hydrogen) atoms. The van der Waals surface area contributed by atoms with Gasteiger partial charge in [-0.25, -0.2) is 4.79 Å². The minimum Gasteiger partial charge on any atom is -0.489 e. The van der Waals surface area contributed by atoms with Gasteiger partial charge in [0.1, 0.15) is 18.1 Å². The van der Waals surface area contributed by atoms with Gasteiger partial charge in [0.25, 0.3) is 5.91 Å². The molecule has 1 aromatic heterocycles. The van der Waals surface area contributed by atoms with Crippen molar-refractivity contribution >= 4 is 17.9 Å². The number of hydrogen-bond donors (Lipinski definition) is 1. The highest BCUT2D eigenvalue weighted by Crippen LogP contribution is 2.18. The summed E-state index contributed by atoms with van der Waals surface area (Å²) < 4.78 is 15.8. The van der Waals surface area contributed by atoms with Gasteiger partial charge in [0.15, 0.2) is 6.61 Å². The van der Waals surface area contributed by atoms with Crippen LogP contribution in [0.25, 0.3) is 0 Å². The lowest BCUT2D eigenvalue weighted by atomic mass is 10.1. The smallest absolute Gasteiger partial charge is 0.324 e. The van der Waals surface area contributed by atoms with E-state index in [1.807, 2.05) is 13.8 Å². The van der Waals surface area contributed by atoms with E-state index in [1.165, 1.54) is 0 Å². The van der Waals surface area contributed by atoms with Crippen LogP contribution in [0, 0.1) is 13.8 Å². The van der Waals surface area contributed by atoms with Crippen LogP contribution >= 0.6 is 0 Å². The largest absolute Gasteiger partial charge is 0.489 e. The molecule has 0 spiro atoms. The van der Waals surface area contributed by atoms with E-state index in [4.69, 9.17) is 14.0 Å². The van der Waals surface area contributed by atoms with Crippen molar-refractivity contribution < 1.29 is 28.4 Å². The molecule has 1 aliphatic rings. The van der Waals surface area contributed by atoms with Gasteiger partial charge < -0.3 is 19.3 Å². The molecule has 148 valence electrons. The van der Waals surface area contributed by atoms with Crippen molar-refractivity contribution in [2.24, 2.45) is 0 Å². The second-order valence-corrected chi connectivity index (χ2v) is 6.35. The van der Waals surface area contributed by atoms with E-state index in [0.717, 1.165) is 27.5 Å². The first kappa shape index (κ1) is 19.4. The summed E-state index contributed by atoms with van der Waals surface area (Å²) in [6.07, 6.45) is 0.0175. The lowest BCUT2D eigenvalue weighted by Gasteiger charge is -2.12. The Labute approximate surface area is 161 Å². The van der Waals surface area contributed by atoms with Crippen LogP contribution in [0.3, 0.4) is 0 Å². The van der Waals surface area contributed by atoms with Crippen LogP contribution in [0.1, 0.15) is 22.6 Å². The fraction of sp³-hybridized carbons (Fsp3) is 0.368. The summed E-state index contributed by atoms with van der Waals surface area (Å²) in [7, 11) is 0. The van der Waals surface area contributed by atoms with Crippen molar-refractivity contribution in [2.45, 2.75) is 26.9 Å². The number of hydrogen-bond acceptors (Lipinski definition) is 7. The molecule has 9 heteroatoms. The number of aryl methyl sites for hydroxylation is 2. The van der Waals surface area contributed by atoms with Crippen molar-refractivity contribution in [1.82, 2.24) is 15.4 Å². The predicted molar refractivity (Wildman–Crippen MR) is 96.5 cm³/mol. The fourth-order valence-corrected chi connectivity index (χ4v) is 2.71. The third-order valence-corrected chi connectivity index (χ3v) is 4.35. The molecule has 0 radical (unpaired) electrons. The zero-order valence-electron chi connectivity index (χ0n) is 15.7. The molecule has 3 rings (SSSR count). The quantitative estimate of drug-likeness (QED) is 0.717. The van der Waals surface area contributed by atoms with Crippen LogP contribution in [0.2, 0.25) is 0 Å². The fourth-order valence-electron chi connectivity index (χ4n) is 2.71. The summed E-state index contributed by atoms with van der Waals surface area (Å²) in [6.45, 7) is 4.26. The molecule has 0 atom stereocenters. The summed E-state index contributed by atoms with van der Waals surface area (Å²) in [6, 6.07) is 6.54. The maximum Gasteiger partial charge on any atom is 0.324 e. The zero-order chi connectivity index (χ0) is 20.1. The number of carbonyl (C=O) groups is 3. The van der Waals surface area contributed by atoms with Crippen molar-refractivity contribution in [3.8, 4) is 5.75 Å². The maximum absolute atomic E-state index is 11.9. The number of ether oxygens (including phenoxy) is 2. The summed E-state index contributed by atoms with van der Waals surface area (Å²) >= 11 is 0. The van der Waals surface area contributed by atoms with E-state index in [-0.39, 0.29) is 13.0 Å². The first-order valence-electron chi connectivity index (χ1n) is 8.81. The molecule has 2 heterocycles. The number of benzene rings is 1. The molecule has 0 bridgehead atoms. The van der Waals surface area contributed by atoms with Crippen LogP contribution in [-0.4, -0.2) is 47.7 Å². The van der Waals surface area contributed by atoms with E-state index < -0.39 is 24.5 Å². The Morgan fingerprint density at radius 3 is 2.61 bits per heavy atom. The average molecular weight is 387 g/mol. The minimum absolute atomic E-state index is 0.0175. The molecule has 0 unspecified atom stereocenters. The third-order valence-electron chi connectivity index (χ3n) is 4.35. The molecule has 2 aromatic rings. The Hall–Kier alpha value is -3.36. The Balaban J connectivity index is 1.45. The Kier molecular flexibility index (Phi) is 5.93. The molecular weight excluding hydrogens is 366 g/mol. The number of amides is 3. The number of imide groups is 1. The number of aromatic nitrogens is 1. The number of carbonyl (C=O) groups excluding carboxylic acids is 3. The van der Waals surface area contributed by atoms with Crippen molar-refractivity contribution in [3.05, 3.63) is 46.8 Å². The number of nitrogens with zero attached hydrogens (tertiary/aromatic N) is 2. The molecule has 9 nitrogen and oxygen atoms in total. The van der Waals surface area contributed by atoms with Gasteiger partial charge in [-0.2, -0.15) is 0 Å². The zero-order valence-corrected chi connectivity index (χ0v) is 15.7. The van der Waals surface area contributed by atoms with Gasteiger partial charge in [-0.1, -0.05) is 17.3 Å². The van der Waals surface area contributed by atoms with E-state index in [2.05, 4.69) is 10.5 Å². The molecule has 3 amide bonds. The van der Waals surface area contributed by atoms with E-state index in [0.29, 0.717) is 18.9 Å². The van der Waals surface area contributed by atoms with E-state index in [1.54, 1.807) is 24.3 Å². The Morgan fingerprint density at radius 1 is 1.25 bits per heavy atom. The number of urea groups is 1. The van der Waals surface area contributed by atoms with E-state index >= 15 is 0 Å². The van der Waals surface area contributed by atoms with Gasteiger partial charge in [-0.3, -0.25) is 14.5 Å². The molecular formula is C19H21N3O6. The highest BCUT2D eigenvalue weighted by Gasteiger charge is 2.26. The first-order valence-corrected chi connectivity index (χ1v) is 8.81. The number of esters is 1. The average Bonchev–Trinajstić information content (AvgIpc) is 3.25. The second kappa shape index (κ2) is 8.55. The highest BCUT2D eigenvalue weighted by atomic mass is 16.5. The molecule has 1 N–H and O–H groups in total. The summed E-state index contributed by atoms with van der Waals surface area (Å²) in [5.41, 5.74) is 2.42. The highest BCUT2D eigenvalue weighted by molar-refractivity contribution is 5.97. The van der Waals surface area contributed by atoms with Crippen LogP contribution in [0.15, 0.2) is 28.8 Å². The summed E-state index contributed by atoms with van der Waals surface area (Å²) in [5, 5.41) is 6.39. The van der Waals surface area contributed by atoms with Crippen LogP contribution in [0.5, 0.6) is 5.75 Å². The van der Waals surface area contributed by atoms with Gasteiger partial charge in [0, 0.05) is 13.1 Å². The topological polar surface area (TPSA) is 111 Å². The Morgan fingerprint density at radius 2 is 2.00 bits per heavy atom. The minimum atomic E-state index is -0.544. The van der Waals surface area contributed by atoms with Crippen LogP contribution < -0.4 is 10.1 Å². The third kappa shape index (κ3) is 4.67. The van der Waals surface area contributed by atoms with Gasteiger partial charge in [-0.15, -0.1) is 0 Å².